The molecule has 1 aromatic carbocycles. The molecule has 3 nitrogen and oxygen atoms in total. The maximum Gasteiger partial charge on any atom is 0.303 e. The molecule has 1 unspecified atom stereocenters. The number of rotatable bonds is 5. The summed E-state index contributed by atoms with van der Waals surface area (Å²) in [5.74, 6) is -0.361. The third-order valence-corrected chi connectivity index (χ3v) is 2.53. The molecule has 0 fully saturated rings. The van der Waals surface area contributed by atoms with Crippen LogP contribution in [0.3, 0.4) is 0 Å². The Morgan fingerprint density at radius 2 is 2.19 bits per heavy atom. The zero-order valence-corrected chi connectivity index (χ0v) is 10.3. The number of aliphatic carboxylic acids is 1. The summed E-state index contributed by atoms with van der Waals surface area (Å²) in [6, 6.07) is 4.92. The molecule has 0 amide bonds. The Balaban J connectivity index is 2.58. The van der Waals surface area contributed by atoms with E-state index < -0.39 is 5.97 Å². The third kappa shape index (κ3) is 4.29. The summed E-state index contributed by atoms with van der Waals surface area (Å²) >= 11 is 11.7. The highest BCUT2D eigenvalue weighted by Crippen LogP contribution is 2.28. The maximum absolute atomic E-state index is 10.4. The average Bonchev–Trinajstić information content (AvgIpc) is 2.20. The average molecular weight is 263 g/mol. The SMILES string of the molecule is CC(CCC(=O)O)Oc1cc(Cl)ccc1Cl. The Morgan fingerprint density at radius 3 is 2.81 bits per heavy atom. The van der Waals surface area contributed by atoms with E-state index in [1.807, 2.05) is 0 Å². The molecule has 0 heterocycles. The monoisotopic (exact) mass is 262 g/mol. The van der Waals surface area contributed by atoms with E-state index in [2.05, 4.69) is 0 Å². The summed E-state index contributed by atoms with van der Waals surface area (Å²) in [7, 11) is 0. The van der Waals surface area contributed by atoms with Gasteiger partial charge in [-0.3, -0.25) is 4.79 Å². The fourth-order valence-corrected chi connectivity index (χ4v) is 1.49. The lowest BCUT2D eigenvalue weighted by molar-refractivity contribution is -0.137. The van der Waals surface area contributed by atoms with Crippen molar-refractivity contribution in [2.24, 2.45) is 0 Å². The Bertz CT molecular complexity index is 379. The van der Waals surface area contributed by atoms with Crippen molar-refractivity contribution in [1.82, 2.24) is 0 Å². The molecule has 0 radical (unpaired) electrons. The summed E-state index contributed by atoms with van der Waals surface area (Å²) in [4.78, 5) is 10.4. The number of carbonyl (C=O) groups is 1. The number of carboxylic acid groups (broad SMARTS) is 1. The number of carboxylic acids is 1. The lowest BCUT2D eigenvalue weighted by atomic mass is 10.2. The van der Waals surface area contributed by atoms with Crippen LogP contribution in [0.5, 0.6) is 5.75 Å². The number of hydrogen-bond donors (Lipinski definition) is 1. The number of hydrogen-bond acceptors (Lipinski definition) is 2. The van der Waals surface area contributed by atoms with E-state index in [0.717, 1.165) is 0 Å². The molecule has 1 atom stereocenters. The molecule has 0 bridgehead atoms. The zero-order chi connectivity index (χ0) is 12.1. The molecule has 1 rings (SSSR count). The summed E-state index contributed by atoms with van der Waals surface area (Å²) < 4.78 is 5.50. The van der Waals surface area contributed by atoms with Crippen molar-refractivity contribution in [3.63, 3.8) is 0 Å². The first-order valence-electron chi connectivity index (χ1n) is 4.82. The van der Waals surface area contributed by atoms with Gasteiger partial charge in [-0.15, -0.1) is 0 Å². The van der Waals surface area contributed by atoms with Crippen LogP contribution in [-0.2, 0) is 4.79 Å². The van der Waals surface area contributed by atoms with Crippen LogP contribution in [0.2, 0.25) is 10.0 Å². The third-order valence-electron chi connectivity index (χ3n) is 1.99. The van der Waals surface area contributed by atoms with Gasteiger partial charge in [0.05, 0.1) is 11.1 Å². The Kier molecular flexibility index (Phi) is 4.90. The summed E-state index contributed by atoms with van der Waals surface area (Å²) in [6.07, 6.45) is 0.282. The van der Waals surface area contributed by atoms with E-state index in [4.69, 9.17) is 33.0 Å². The lowest BCUT2D eigenvalue weighted by Gasteiger charge is -2.14. The second-order valence-corrected chi connectivity index (χ2v) is 4.28. The number of ether oxygens (including phenoxy) is 1. The van der Waals surface area contributed by atoms with Crippen LogP contribution < -0.4 is 4.74 Å². The molecule has 0 aliphatic rings. The zero-order valence-electron chi connectivity index (χ0n) is 8.74. The Hall–Kier alpha value is -0.930. The maximum atomic E-state index is 10.4. The molecule has 1 N–H and O–H groups in total. The lowest BCUT2D eigenvalue weighted by Crippen LogP contribution is -2.13. The second kappa shape index (κ2) is 5.97. The summed E-state index contributed by atoms with van der Waals surface area (Å²) in [5.41, 5.74) is 0. The highest BCUT2D eigenvalue weighted by atomic mass is 35.5. The van der Waals surface area contributed by atoms with E-state index in [0.29, 0.717) is 22.2 Å². The first-order chi connectivity index (χ1) is 7.49. The largest absolute Gasteiger partial charge is 0.489 e. The van der Waals surface area contributed by atoms with Crippen LogP contribution in [0.1, 0.15) is 19.8 Å². The summed E-state index contributed by atoms with van der Waals surface area (Å²) in [6.45, 7) is 1.79. The molecular formula is C11H12Cl2O3. The Morgan fingerprint density at radius 1 is 1.50 bits per heavy atom. The molecule has 0 aliphatic carbocycles. The van der Waals surface area contributed by atoms with E-state index in [1.54, 1.807) is 25.1 Å². The van der Waals surface area contributed by atoms with Crippen molar-refractivity contribution in [2.45, 2.75) is 25.9 Å². The highest BCUT2D eigenvalue weighted by Gasteiger charge is 2.09. The van der Waals surface area contributed by atoms with Crippen molar-refractivity contribution in [2.75, 3.05) is 0 Å². The quantitative estimate of drug-likeness (QED) is 0.882. The molecule has 0 spiro atoms. The molecule has 0 saturated heterocycles. The minimum atomic E-state index is -0.840. The number of benzene rings is 1. The van der Waals surface area contributed by atoms with Crippen LogP contribution in [-0.4, -0.2) is 17.2 Å². The first-order valence-corrected chi connectivity index (χ1v) is 5.58. The van der Waals surface area contributed by atoms with Crippen LogP contribution in [0.4, 0.5) is 0 Å². The van der Waals surface area contributed by atoms with E-state index >= 15 is 0 Å². The van der Waals surface area contributed by atoms with Crippen molar-refractivity contribution in [1.29, 1.82) is 0 Å². The van der Waals surface area contributed by atoms with Gasteiger partial charge in [-0.05, 0) is 25.5 Å². The fourth-order valence-electron chi connectivity index (χ4n) is 1.17. The van der Waals surface area contributed by atoms with E-state index in [-0.39, 0.29) is 12.5 Å². The summed E-state index contributed by atoms with van der Waals surface area (Å²) in [5, 5.41) is 9.52. The van der Waals surface area contributed by atoms with Crippen molar-refractivity contribution < 1.29 is 14.6 Å². The van der Waals surface area contributed by atoms with Crippen molar-refractivity contribution in [3.05, 3.63) is 28.2 Å². The van der Waals surface area contributed by atoms with Gasteiger partial charge < -0.3 is 9.84 Å². The topological polar surface area (TPSA) is 46.5 Å². The predicted octanol–water partition coefficient (Wildman–Crippen LogP) is 3.63. The van der Waals surface area contributed by atoms with Gasteiger partial charge in [0.25, 0.3) is 0 Å². The minimum Gasteiger partial charge on any atom is -0.489 e. The smallest absolute Gasteiger partial charge is 0.303 e. The van der Waals surface area contributed by atoms with Crippen LogP contribution in [0.25, 0.3) is 0 Å². The van der Waals surface area contributed by atoms with Crippen LogP contribution in [0, 0.1) is 0 Å². The van der Waals surface area contributed by atoms with Crippen LogP contribution >= 0.6 is 23.2 Å². The Labute approximate surface area is 104 Å². The van der Waals surface area contributed by atoms with E-state index in [9.17, 15) is 4.79 Å². The fraction of sp³-hybridized carbons (Fsp3) is 0.364. The molecule has 0 saturated carbocycles. The van der Waals surface area contributed by atoms with Gasteiger partial charge in [0.1, 0.15) is 5.75 Å². The molecule has 0 aliphatic heterocycles. The molecule has 1 aromatic rings. The van der Waals surface area contributed by atoms with Gasteiger partial charge in [-0.1, -0.05) is 23.2 Å². The molecule has 5 heteroatoms. The normalized spacial score (nSPS) is 12.2. The molecule has 16 heavy (non-hydrogen) atoms. The van der Waals surface area contributed by atoms with Crippen molar-refractivity contribution in [3.8, 4) is 5.75 Å². The molecule has 0 aromatic heterocycles. The van der Waals surface area contributed by atoms with Crippen LogP contribution in [0.15, 0.2) is 18.2 Å². The van der Waals surface area contributed by atoms with Gasteiger partial charge in [0.2, 0.25) is 0 Å². The molecular weight excluding hydrogens is 251 g/mol. The van der Waals surface area contributed by atoms with Gasteiger partial charge in [0, 0.05) is 17.5 Å². The standard InChI is InChI=1S/C11H12Cl2O3/c1-7(2-5-11(14)15)16-10-6-8(12)3-4-9(10)13/h3-4,6-7H,2,5H2,1H3,(H,14,15). The predicted molar refractivity (Wildman–Crippen MR) is 63.4 cm³/mol. The van der Waals surface area contributed by atoms with Crippen molar-refractivity contribution >= 4 is 29.2 Å². The number of halogens is 2. The van der Waals surface area contributed by atoms with Gasteiger partial charge >= 0.3 is 5.97 Å². The van der Waals surface area contributed by atoms with E-state index in [1.165, 1.54) is 0 Å². The van der Waals surface area contributed by atoms with Gasteiger partial charge in [-0.25, -0.2) is 0 Å². The van der Waals surface area contributed by atoms with Gasteiger partial charge in [0.15, 0.2) is 0 Å². The first kappa shape index (κ1) is 13.1. The van der Waals surface area contributed by atoms with Gasteiger partial charge in [-0.2, -0.15) is 0 Å². The highest BCUT2D eigenvalue weighted by molar-refractivity contribution is 6.34. The minimum absolute atomic E-state index is 0.0688. The second-order valence-electron chi connectivity index (χ2n) is 3.44. The molecule has 88 valence electrons.